The van der Waals surface area contributed by atoms with Crippen molar-refractivity contribution in [1.29, 1.82) is 0 Å². The van der Waals surface area contributed by atoms with Gasteiger partial charge >= 0.3 is 0 Å². The third kappa shape index (κ3) is 4.04. The number of benzene rings is 2. The number of anilines is 3. The summed E-state index contributed by atoms with van der Waals surface area (Å²) in [5.74, 6) is 1.48. The fraction of sp³-hybridized carbons (Fsp3) is 0.200. The van der Waals surface area contributed by atoms with Gasteiger partial charge in [0.05, 0.1) is 23.9 Å². The maximum atomic E-state index is 5.90. The summed E-state index contributed by atoms with van der Waals surface area (Å²) in [5, 5.41) is 3.31. The topological polar surface area (TPSA) is 56.5 Å². The van der Waals surface area contributed by atoms with E-state index < -0.39 is 0 Å². The second kappa shape index (κ2) is 7.04. The molecule has 0 saturated carbocycles. The first-order valence-corrected chi connectivity index (χ1v) is 7.95. The van der Waals surface area contributed by atoms with Crippen LogP contribution in [0.5, 0.6) is 11.5 Å². The Morgan fingerprint density at radius 2 is 1.86 bits per heavy atom. The highest BCUT2D eigenvalue weighted by Gasteiger charge is 2.08. The van der Waals surface area contributed by atoms with Gasteiger partial charge in [0.2, 0.25) is 0 Å². The van der Waals surface area contributed by atoms with Gasteiger partial charge in [-0.15, -0.1) is 0 Å². The molecule has 2 aromatic carbocycles. The summed E-state index contributed by atoms with van der Waals surface area (Å²) >= 11 is 6.97. The van der Waals surface area contributed by atoms with Crippen molar-refractivity contribution in [3.05, 3.63) is 39.3 Å². The molecular formula is C15H16Br2N2O2. The Balaban J connectivity index is 2.33. The lowest BCUT2D eigenvalue weighted by Gasteiger charge is -2.13. The third-order valence-corrected chi connectivity index (χ3v) is 4.04. The number of hydrogen-bond donors (Lipinski definition) is 2. The van der Waals surface area contributed by atoms with Crippen LogP contribution in [-0.4, -0.2) is 13.7 Å². The van der Waals surface area contributed by atoms with Crippen molar-refractivity contribution < 1.29 is 9.47 Å². The first-order valence-electron chi connectivity index (χ1n) is 6.37. The van der Waals surface area contributed by atoms with Crippen LogP contribution in [-0.2, 0) is 0 Å². The average molecular weight is 416 g/mol. The quantitative estimate of drug-likeness (QED) is 0.678. The van der Waals surface area contributed by atoms with E-state index in [2.05, 4.69) is 37.2 Å². The number of ether oxygens (including phenoxy) is 2. The van der Waals surface area contributed by atoms with Crippen molar-refractivity contribution in [2.45, 2.75) is 6.92 Å². The summed E-state index contributed by atoms with van der Waals surface area (Å²) in [6.45, 7) is 2.53. The van der Waals surface area contributed by atoms with Gasteiger partial charge in [0.25, 0.3) is 0 Å². The van der Waals surface area contributed by atoms with Gasteiger partial charge in [-0.25, -0.2) is 0 Å². The molecule has 0 saturated heterocycles. The van der Waals surface area contributed by atoms with E-state index in [0.717, 1.165) is 31.8 Å². The van der Waals surface area contributed by atoms with E-state index in [9.17, 15) is 0 Å². The Labute approximate surface area is 140 Å². The van der Waals surface area contributed by atoms with Crippen LogP contribution in [0.1, 0.15) is 6.92 Å². The molecule has 0 spiro atoms. The zero-order chi connectivity index (χ0) is 15.4. The lowest BCUT2D eigenvalue weighted by Crippen LogP contribution is -1.98. The molecule has 0 aromatic heterocycles. The van der Waals surface area contributed by atoms with Crippen LogP contribution in [0.15, 0.2) is 39.3 Å². The second-order valence-corrected chi connectivity index (χ2v) is 6.02. The van der Waals surface area contributed by atoms with Crippen molar-refractivity contribution >= 4 is 48.9 Å². The average Bonchev–Trinajstić information content (AvgIpc) is 2.41. The fourth-order valence-electron chi connectivity index (χ4n) is 1.88. The summed E-state index contributed by atoms with van der Waals surface area (Å²) in [4.78, 5) is 0. The number of nitrogens with two attached hydrogens (primary N) is 1. The molecule has 0 aliphatic heterocycles. The normalized spacial score (nSPS) is 10.3. The van der Waals surface area contributed by atoms with E-state index in [0.29, 0.717) is 12.3 Å². The maximum Gasteiger partial charge on any atom is 0.135 e. The van der Waals surface area contributed by atoms with E-state index in [4.69, 9.17) is 15.2 Å². The van der Waals surface area contributed by atoms with Gasteiger partial charge in [0.15, 0.2) is 0 Å². The van der Waals surface area contributed by atoms with Gasteiger partial charge in [-0.3, -0.25) is 0 Å². The molecule has 0 aliphatic rings. The zero-order valence-electron chi connectivity index (χ0n) is 11.7. The van der Waals surface area contributed by atoms with Crippen LogP contribution in [0.4, 0.5) is 17.1 Å². The van der Waals surface area contributed by atoms with Gasteiger partial charge in [-0.05, 0) is 50.9 Å². The molecule has 112 valence electrons. The van der Waals surface area contributed by atoms with Crippen molar-refractivity contribution in [1.82, 2.24) is 0 Å². The Kier molecular flexibility index (Phi) is 5.36. The molecule has 0 aliphatic carbocycles. The largest absolute Gasteiger partial charge is 0.495 e. The molecule has 3 N–H and O–H groups in total. The smallest absolute Gasteiger partial charge is 0.135 e. The standard InChI is InChI=1S/C15H16Br2N2O2/c1-3-21-11-5-9(18)4-10(6-11)19-14-8-15(20-2)13(17)7-12(14)16/h4-8,19H,3,18H2,1-2H3. The molecule has 0 amide bonds. The number of nitrogen functional groups attached to an aromatic ring is 1. The first kappa shape index (κ1) is 16.0. The molecule has 21 heavy (non-hydrogen) atoms. The fourth-order valence-corrected chi connectivity index (χ4v) is 3.14. The minimum absolute atomic E-state index is 0.596. The number of rotatable bonds is 5. The van der Waals surface area contributed by atoms with Gasteiger partial charge in [0.1, 0.15) is 11.5 Å². The molecule has 2 aromatic rings. The molecule has 2 rings (SSSR count). The van der Waals surface area contributed by atoms with Crippen LogP contribution < -0.4 is 20.5 Å². The van der Waals surface area contributed by atoms with E-state index in [1.54, 1.807) is 13.2 Å². The van der Waals surface area contributed by atoms with Crippen LogP contribution >= 0.6 is 31.9 Å². The zero-order valence-corrected chi connectivity index (χ0v) is 14.9. The van der Waals surface area contributed by atoms with Crippen LogP contribution in [0.2, 0.25) is 0 Å². The second-order valence-electron chi connectivity index (χ2n) is 4.32. The van der Waals surface area contributed by atoms with E-state index in [1.165, 1.54) is 0 Å². The third-order valence-electron chi connectivity index (χ3n) is 2.76. The summed E-state index contributed by atoms with van der Waals surface area (Å²) in [7, 11) is 1.63. The van der Waals surface area contributed by atoms with Crippen molar-refractivity contribution in [3.63, 3.8) is 0 Å². The predicted molar refractivity (Wildman–Crippen MR) is 93.7 cm³/mol. The van der Waals surface area contributed by atoms with Gasteiger partial charge in [-0.1, -0.05) is 0 Å². The molecule has 4 nitrogen and oxygen atoms in total. The maximum absolute atomic E-state index is 5.90. The van der Waals surface area contributed by atoms with Crippen molar-refractivity contribution in [2.24, 2.45) is 0 Å². The minimum Gasteiger partial charge on any atom is -0.495 e. The molecule has 0 fully saturated rings. The van der Waals surface area contributed by atoms with E-state index in [-0.39, 0.29) is 0 Å². The SMILES string of the molecule is CCOc1cc(N)cc(Nc2cc(OC)c(Br)cc2Br)c1. The first-order chi connectivity index (χ1) is 10.0. The lowest BCUT2D eigenvalue weighted by molar-refractivity contribution is 0.340. The molecule has 6 heteroatoms. The van der Waals surface area contributed by atoms with Gasteiger partial charge in [0, 0.05) is 34.0 Å². The van der Waals surface area contributed by atoms with Crippen LogP contribution in [0.25, 0.3) is 0 Å². The molecule has 0 heterocycles. The molecular weight excluding hydrogens is 400 g/mol. The summed E-state index contributed by atoms with van der Waals surface area (Å²) in [6, 6.07) is 9.38. The van der Waals surface area contributed by atoms with E-state index >= 15 is 0 Å². The number of methoxy groups -OCH3 is 1. The van der Waals surface area contributed by atoms with E-state index in [1.807, 2.05) is 31.2 Å². The highest BCUT2D eigenvalue weighted by molar-refractivity contribution is 9.11. The van der Waals surface area contributed by atoms with Crippen molar-refractivity contribution in [3.8, 4) is 11.5 Å². The summed E-state index contributed by atoms with van der Waals surface area (Å²) < 4.78 is 12.6. The predicted octanol–water partition coefficient (Wildman–Crippen LogP) is 4.94. The molecule has 0 radical (unpaired) electrons. The highest BCUT2D eigenvalue weighted by Crippen LogP contribution is 2.36. The van der Waals surface area contributed by atoms with Crippen LogP contribution in [0.3, 0.4) is 0 Å². The minimum atomic E-state index is 0.596. The monoisotopic (exact) mass is 414 g/mol. The van der Waals surface area contributed by atoms with Gasteiger partial charge < -0.3 is 20.5 Å². The van der Waals surface area contributed by atoms with Crippen molar-refractivity contribution in [2.75, 3.05) is 24.8 Å². The summed E-state index contributed by atoms with van der Waals surface area (Å²) in [5.41, 5.74) is 8.27. The van der Waals surface area contributed by atoms with Crippen LogP contribution in [0, 0.1) is 0 Å². The molecule has 0 bridgehead atoms. The number of hydrogen-bond acceptors (Lipinski definition) is 4. The summed E-state index contributed by atoms with van der Waals surface area (Å²) in [6.07, 6.45) is 0. The molecule has 0 unspecified atom stereocenters. The van der Waals surface area contributed by atoms with Gasteiger partial charge in [-0.2, -0.15) is 0 Å². The Morgan fingerprint density at radius 3 is 2.52 bits per heavy atom. The number of nitrogens with one attached hydrogen (secondary N) is 1. The Hall–Kier alpha value is -1.40. The number of halogens is 2. The highest BCUT2D eigenvalue weighted by atomic mass is 79.9. The molecule has 0 atom stereocenters. The Morgan fingerprint density at radius 1 is 1.10 bits per heavy atom. The Bertz CT molecular complexity index is 648. The lowest BCUT2D eigenvalue weighted by atomic mass is 10.2.